The molecule has 1 aliphatic heterocycles. The zero-order valence-corrected chi connectivity index (χ0v) is 7.16. The lowest BCUT2D eigenvalue weighted by Gasteiger charge is -2.14. The molecule has 0 aromatic rings. The van der Waals surface area contributed by atoms with Gasteiger partial charge in [0, 0.05) is 19.0 Å². The second-order valence-electron chi connectivity index (χ2n) is 2.83. The van der Waals surface area contributed by atoms with Crippen LogP contribution in [0.1, 0.15) is 13.3 Å². The normalized spacial score (nSPS) is 22.4. The Morgan fingerprint density at radius 3 is 3.00 bits per heavy atom. The van der Waals surface area contributed by atoms with E-state index in [2.05, 4.69) is 0 Å². The van der Waals surface area contributed by atoms with Gasteiger partial charge in [-0.05, 0) is 13.3 Å². The monoisotopic (exact) mass is 171 g/mol. The molecular formula is C8H13NO3. The predicted molar refractivity (Wildman–Crippen MR) is 42.8 cm³/mol. The molecule has 1 atom stereocenters. The molecule has 4 heteroatoms. The van der Waals surface area contributed by atoms with Gasteiger partial charge in [0.2, 0.25) is 0 Å². The van der Waals surface area contributed by atoms with Crippen molar-refractivity contribution in [3.63, 3.8) is 0 Å². The summed E-state index contributed by atoms with van der Waals surface area (Å²) in [4.78, 5) is 23.0. The Morgan fingerprint density at radius 2 is 2.50 bits per heavy atom. The van der Waals surface area contributed by atoms with Crippen molar-refractivity contribution >= 4 is 12.4 Å². The number of carbonyl (C=O) groups is 2. The lowest BCUT2D eigenvalue weighted by molar-refractivity contribution is -0.110. The van der Waals surface area contributed by atoms with Crippen LogP contribution in [0.4, 0.5) is 4.79 Å². The van der Waals surface area contributed by atoms with E-state index in [1.54, 1.807) is 11.8 Å². The molecule has 1 saturated heterocycles. The second-order valence-corrected chi connectivity index (χ2v) is 2.83. The van der Waals surface area contributed by atoms with Crippen LogP contribution in [0.3, 0.4) is 0 Å². The van der Waals surface area contributed by atoms with Gasteiger partial charge >= 0.3 is 6.09 Å². The minimum Gasteiger partial charge on any atom is -0.450 e. The molecule has 12 heavy (non-hydrogen) atoms. The second kappa shape index (κ2) is 4.09. The standard InChI is InChI=1S/C8H13NO3/c1-2-12-8(11)9-4-3-7(5-9)6-10/h6-7H,2-5H2,1H3. The molecule has 4 nitrogen and oxygen atoms in total. The highest BCUT2D eigenvalue weighted by atomic mass is 16.6. The first-order chi connectivity index (χ1) is 5.77. The van der Waals surface area contributed by atoms with Crippen molar-refractivity contribution in [3.8, 4) is 0 Å². The van der Waals surface area contributed by atoms with E-state index in [1.165, 1.54) is 0 Å². The Morgan fingerprint density at radius 1 is 1.75 bits per heavy atom. The molecule has 0 bridgehead atoms. The van der Waals surface area contributed by atoms with Crippen molar-refractivity contribution < 1.29 is 14.3 Å². The molecular weight excluding hydrogens is 158 g/mol. The van der Waals surface area contributed by atoms with Crippen LogP contribution in [0.25, 0.3) is 0 Å². The Bertz CT molecular complexity index is 181. The van der Waals surface area contributed by atoms with E-state index in [1.807, 2.05) is 0 Å². The molecule has 1 amide bonds. The first-order valence-electron chi connectivity index (χ1n) is 4.15. The highest BCUT2D eigenvalue weighted by Crippen LogP contribution is 2.14. The summed E-state index contributed by atoms with van der Waals surface area (Å²) in [5, 5.41) is 0. The average Bonchev–Trinajstić information content (AvgIpc) is 2.52. The lowest BCUT2D eigenvalue weighted by atomic mass is 10.1. The first kappa shape index (κ1) is 9.03. The van der Waals surface area contributed by atoms with Crippen molar-refractivity contribution in [2.24, 2.45) is 5.92 Å². The van der Waals surface area contributed by atoms with Gasteiger partial charge < -0.3 is 14.4 Å². The molecule has 1 unspecified atom stereocenters. The van der Waals surface area contributed by atoms with Crippen LogP contribution in [0, 0.1) is 5.92 Å². The van der Waals surface area contributed by atoms with Crippen molar-refractivity contribution in [3.05, 3.63) is 0 Å². The fraction of sp³-hybridized carbons (Fsp3) is 0.750. The van der Waals surface area contributed by atoms with Gasteiger partial charge in [-0.25, -0.2) is 4.79 Å². The van der Waals surface area contributed by atoms with Crippen LogP contribution in [0.5, 0.6) is 0 Å². The molecule has 0 spiro atoms. The SMILES string of the molecule is CCOC(=O)N1CCC(C=O)C1. The molecule has 0 saturated carbocycles. The van der Waals surface area contributed by atoms with Gasteiger partial charge in [-0.15, -0.1) is 0 Å². The van der Waals surface area contributed by atoms with Gasteiger partial charge in [-0.1, -0.05) is 0 Å². The van der Waals surface area contributed by atoms with Crippen molar-refractivity contribution in [1.82, 2.24) is 4.90 Å². The number of nitrogens with zero attached hydrogens (tertiary/aromatic N) is 1. The molecule has 0 aliphatic carbocycles. The van der Waals surface area contributed by atoms with Crippen molar-refractivity contribution in [1.29, 1.82) is 0 Å². The molecule has 1 aliphatic rings. The zero-order valence-electron chi connectivity index (χ0n) is 7.16. The molecule has 0 radical (unpaired) electrons. The van der Waals surface area contributed by atoms with E-state index in [-0.39, 0.29) is 12.0 Å². The summed E-state index contributed by atoms with van der Waals surface area (Å²) < 4.78 is 4.79. The summed E-state index contributed by atoms with van der Waals surface area (Å²) >= 11 is 0. The van der Waals surface area contributed by atoms with Crippen LogP contribution < -0.4 is 0 Å². The minimum absolute atomic E-state index is 0.00871. The van der Waals surface area contributed by atoms with Crippen molar-refractivity contribution in [2.45, 2.75) is 13.3 Å². The van der Waals surface area contributed by atoms with E-state index >= 15 is 0 Å². The third kappa shape index (κ3) is 1.96. The Balaban J connectivity index is 2.35. The van der Waals surface area contributed by atoms with Gasteiger partial charge in [0.1, 0.15) is 6.29 Å². The van der Waals surface area contributed by atoms with E-state index in [9.17, 15) is 9.59 Å². The summed E-state index contributed by atoms with van der Waals surface area (Å²) in [5.74, 6) is 0.00871. The summed E-state index contributed by atoms with van der Waals surface area (Å²) in [6, 6.07) is 0. The Kier molecular flexibility index (Phi) is 3.08. The summed E-state index contributed by atoms with van der Waals surface area (Å²) in [5.41, 5.74) is 0. The number of carbonyl (C=O) groups excluding carboxylic acids is 2. The Hall–Kier alpha value is -1.06. The van der Waals surface area contributed by atoms with Crippen LogP contribution in [0.2, 0.25) is 0 Å². The third-order valence-electron chi connectivity index (χ3n) is 1.94. The maximum atomic E-state index is 11.1. The van der Waals surface area contributed by atoms with Crippen LogP contribution in [-0.4, -0.2) is 37.0 Å². The lowest BCUT2D eigenvalue weighted by Crippen LogP contribution is -2.29. The van der Waals surface area contributed by atoms with Crippen LogP contribution >= 0.6 is 0 Å². The fourth-order valence-corrected chi connectivity index (χ4v) is 1.28. The predicted octanol–water partition coefficient (Wildman–Crippen LogP) is 0.664. The van der Waals surface area contributed by atoms with E-state index in [4.69, 9.17) is 4.74 Å². The highest BCUT2D eigenvalue weighted by Gasteiger charge is 2.26. The smallest absolute Gasteiger partial charge is 0.409 e. The number of amides is 1. The number of rotatable bonds is 2. The third-order valence-corrected chi connectivity index (χ3v) is 1.94. The molecule has 1 rings (SSSR count). The highest BCUT2D eigenvalue weighted by molar-refractivity contribution is 5.69. The summed E-state index contributed by atoms with van der Waals surface area (Å²) in [6.07, 6.45) is 1.36. The quantitative estimate of drug-likeness (QED) is 0.573. The Labute approximate surface area is 71.5 Å². The zero-order chi connectivity index (χ0) is 8.97. The molecule has 0 N–H and O–H groups in total. The van der Waals surface area contributed by atoms with Crippen molar-refractivity contribution in [2.75, 3.05) is 19.7 Å². The number of hydrogen-bond acceptors (Lipinski definition) is 3. The van der Waals surface area contributed by atoms with E-state index < -0.39 is 0 Å². The molecule has 68 valence electrons. The molecule has 1 heterocycles. The number of hydrogen-bond donors (Lipinski definition) is 0. The van der Waals surface area contributed by atoms with Crippen LogP contribution in [-0.2, 0) is 9.53 Å². The number of aldehydes is 1. The first-order valence-corrected chi connectivity index (χ1v) is 4.15. The van der Waals surface area contributed by atoms with Gasteiger partial charge in [0.25, 0.3) is 0 Å². The van der Waals surface area contributed by atoms with Gasteiger partial charge in [0.15, 0.2) is 0 Å². The van der Waals surface area contributed by atoms with Gasteiger partial charge in [-0.3, -0.25) is 0 Å². The maximum absolute atomic E-state index is 11.1. The summed E-state index contributed by atoms with van der Waals surface area (Å²) in [7, 11) is 0. The summed E-state index contributed by atoms with van der Waals surface area (Å²) in [6.45, 7) is 3.32. The fourth-order valence-electron chi connectivity index (χ4n) is 1.28. The minimum atomic E-state index is -0.304. The van der Waals surface area contributed by atoms with Crippen LogP contribution in [0.15, 0.2) is 0 Å². The average molecular weight is 171 g/mol. The van der Waals surface area contributed by atoms with E-state index in [0.717, 1.165) is 12.7 Å². The van der Waals surface area contributed by atoms with Gasteiger partial charge in [0.05, 0.1) is 6.61 Å². The molecule has 1 fully saturated rings. The van der Waals surface area contributed by atoms with Gasteiger partial charge in [-0.2, -0.15) is 0 Å². The number of likely N-dealkylation sites (tertiary alicyclic amines) is 1. The maximum Gasteiger partial charge on any atom is 0.409 e. The molecule has 0 aromatic carbocycles. The van der Waals surface area contributed by atoms with E-state index in [0.29, 0.717) is 19.7 Å². The topological polar surface area (TPSA) is 46.6 Å². The largest absolute Gasteiger partial charge is 0.450 e. The molecule has 0 aromatic heterocycles. The number of ether oxygens (including phenoxy) is 1.